The van der Waals surface area contributed by atoms with E-state index >= 15 is 0 Å². The van der Waals surface area contributed by atoms with Crippen LogP contribution in [0.3, 0.4) is 0 Å². The third-order valence-corrected chi connectivity index (χ3v) is 4.85. The van der Waals surface area contributed by atoms with E-state index in [1.807, 2.05) is 42.6 Å². The molecule has 23 heavy (non-hydrogen) atoms. The molecule has 1 aliphatic heterocycles. The van der Waals surface area contributed by atoms with Crippen LogP contribution in [0.4, 0.5) is 0 Å². The molecule has 1 atom stereocenters. The Morgan fingerprint density at radius 3 is 2.70 bits per heavy atom. The molecule has 0 aliphatic carbocycles. The molecule has 0 spiro atoms. The number of hydrogen-bond acceptors (Lipinski definition) is 2. The standard InChI is InChI=1S/C19H18N2O2/c1-3-19(14-9-5-4-7-13(14)18(22)21-19)15-11-20-17-12(15)8-6-10-16(17)23-2/h4-11,20H,3H2,1-2H3,(H,21,22)/t19-/m1/s1. The number of hydrogen-bond donors (Lipinski definition) is 2. The van der Waals surface area contributed by atoms with Crippen molar-refractivity contribution in [3.8, 4) is 5.75 Å². The normalized spacial score (nSPS) is 19.7. The van der Waals surface area contributed by atoms with E-state index in [-0.39, 0.29) is 5.91 Å². The van der Waals surface area contributed by atoms with Crippen molar-refractivity contribution in [3.05, 3.63) is 65.4 Å². The van der Waals surface area contributed by atoms with Gasteiger partial charge in [-0.05, 0) is 24.1 Å². The molecule has 0 saturated carbocycles. The number of carbonyl (C=O) groups excluding carboxylic acids is 1. The predicted molar refractivity (Wildman–Crippen MR) is 89.8 cm³/mol. The minimum Gasteiger partial charge on any atom is -0.495 e. The number of aromatic nitrogens is 1. The van der Waals surface area contributed by atoms with Crippen LogP contribution in [0.1, 0.15) is 34.8 Å². The molecule has 1 amide bonds. The third-order valence-electron chi connectivity index (χ3n) is 4.85. The molecule has 1 aromatic heterocycles. The zero-order chi connectivity index (χ0) is 16.0. The van der Waals surface area contributed by atoms with Crippen molar-refractivity contribution in [2.75, 3.05) is 7.11 Å². The highest BCUT2D eigenvalue weighted by molar-refractivity contribution is 6.02. The summed E-state index contributed by atoms with van der Waals surface area (Å²) in [6.07, 6.45) is 2.76. The zero-order valence-corrected chi connectivity index (χ0v) is 13.1. The molecule has 0 radical (unpaired) electrons. The SMILES string of the molecule is CC[C@@]1(c2c[nH]c3c(OC)cccc23)NC(=O)c2ccccc21. The molecule has 0 fully saturated rings. The maximum absolute atomic E-state index is 12.4. The van der Waals surface area contributed by atoms with Gasteiger partial charge in [-0.1, -0.05) is 37.3 Å². The lowest BCUT2D eigenvalue weighted by Gasteiger charge is -2.29. The van der Waals surface area contributed by atoms with Gasteiger partial charge in [0.1, 0.15) is 5.75 Å². The first kappa shape index (κ1) is 13.9. The van der Waals surface area contributed by atoms with E-state index in [2.05, 4.69) is 23.3 Å². The molecule has 1 aliphatic rings. The van der Waals surface area contributed by atoms with Gasteiger partial charge in [-0.25, -0.2) is 0 Å². The summed E-state index contributed by atoms with van der Waals surface area (Å²) in [5, 5.41) is 4.29. The second kappa shape index (κ2) is 4.88. The Bertz CT molecular complexity index is 913. The summed E-state index contributed by atoms with van der Waals surface area (Å²) < 4.78 is 5.44. The van der Waals surface area contributed by atoms with E-state index in [0.29, 0.717) is 0 Å². The average Bonchev–Trinajstić information content (AvgIpc) is 3.15. The van der Waals surface area contributed by atoms with Crippen LogP contribution < -0.4 is 10.1 Å². The minimum atomic E-state index is -0.502. The van der Waals surface area contributed by atoms with Crippen LogP contribution in [0.5, 0.6) is 5.75 Å². The molecule has 116 valence electrons. The van der Waals surface area contributed by atoms with Crippen LogP contribution in [0.2, 0.25) is 0 Å². The van der Waals surface area contributed by atoms with Gasteiger partial charge in [0.2, 0.25) is 0 Å². The van der Waals surface area contributed by atoms with Gasteiger partial charge in [0, 0.05) is 22.7 Å². The highest BCUT2D eigenvalue weighted by Gasteiger charge is 2.44. The third kappa shape index (κ3) is 1.75. The number of rotatable bonds is 3. The number of fused-ring (bicyclic) bond motifs is 2. The molecule has 4 nitrogen and oxygen atoms in total. The van der Waals surface area contributed by atoms with Gasteiger partial charge in [0.15, 0.2) is 0 Å². The Balaban J connectivity index is 2.01. The molecule has 2 N–H and O–H groups in total. The van der Waals surface area contributed by atoms with Crippen molar-refractivity contribution in [2.24, 2.45) is 0 Å². The van der Waals surface area contributed by atoms with Crippen LogP contribution >= 0.6 is 0 Å². The summed E-state index contributed by atoms with van der Waals surface area (Å²) in [5.74, 6) is 0.789. The maximum atomic E-state index is 12.4. The molecular weight excluding hydrogens is 288 g/mol. The summed E-state index contributed by atoms with van der Waals surface area (Å²) in [7, 11) is 1.66. The lowest BCUT2D eigenvalue weighted by atomic mass is 9.81. The summed E-state index contributed by atoms with van der Waals surface area (Å²) >= 11 is 0. The monoisotopic (exact) mass is 306 g/mol. The number of nitrogens with one attached hydrogen (secondary N) is 2. The number of amides is 1. The van der Waals surface area contributed by atoms with Gasteiger partial charge in [-0.2, -0.15) is 0 Å². The van der Waals surface area contributed by atoms with Gasteiger partial charge < -0.3 is 15.0 Å². The molecule has 0 unspecified atom stereocenters. The van der Waals surface area contributed by atoms with Crippen molar-refractivity contribution in [1.29, 1.82) is 0 Å². The smallest absolute Gasteiger partial charge is 0.252 e. The number of carbonyl (C=O) groups is 1. The van der Waals surface area contributed by atoms with E-state index in [9.17, 15) is 4.79 Å². The van der Waals surface area contributed by atoms with Gasteiger partial charge >= 0.3 is 0 Å². The topological polar surface area (TPSA) is 54.1 Å². The van der Waals surface area contributed by atoms with Gasteiger partial charge in [-0.15, -0.1) is 0 Å². The van der Waals surface area contributed by atoms with Gasteiger partial charge in [-0.3, -0.25) is 4.79 Å². The fraction of sp³-hybridized carbons (Fsp3) is 0.211. The van der Waals surface area contributed by atoms with Crippen LogP contribution in [-0.4, -0.2) is 18.0 Å². The first-order valence-corrected chi connectivity index (χ1v) is 7.78. The predicted octanol–water partition coefficient (Wildman–Crippen LogP) is 3.57. The highest BCUT2D eigenvalue weighted by Crippen LogP contribution is 2.43. The maximum Gasteiger partial charge on any atom is 0.252 e. The molecule has 3 aromatic rings. The van der Waals surface area contributed by atoms with Crippen molar-refractivity contribution in [3.63, 3.8) is 0 Å². The molecule has 4 heteroatoms. The van der Waals surface area contributed by atoms with Gasteiger partial charge in [0.05, 0.1) is 18.2 Å². The second-order valence-electron chi connectivity index (χ2n) is 5.84. The highest BCUT2D eigenvalue weighted by atomic mass is 16.5. The van der Waals surface area contributed by atoms with E-state index in [1.54, 1.807) is 7.11 Å². The van der Waals surface area contributed by atoms with Gasteiger partial charge in [0.25, 0.3) is 5.91 Å². The Hall–Kier alpha value is -2.75. The molecule has 2 aromatic carbocycles. The molecule has 0 bridgehead atoms. The van der Waals surface area contributed by atoms with Crippen LogP contribution in [0.25, 0.3) is 10.9 Å². The number of aromatic amines is 1. The Morgan fingerprint density at radius 1 is 1.09 bits per heavy atom. The second-order valence-corrected chi connectivity index (χ2v) is 5.84. The van der Waals surface area contributed by atoms with Crippen molar-refractivity contribution in [1.82, 2.24) is 10.3 Å². The molecule has 2 heterocycles. The Labute approximate surface area is 134 Å². The zero-order valence-electron chi connectivity index (χ0n) is 13.1. The minimum absolute atomic E-state index is 0.0142. The largest absolute Gasteiger partial charge is 0.495 e. The van der Waals surface area contributed by atoms with Crippen molar-refractivity contribution in [2.45, 2.75) is 18.9 Å². The Morgan fingerprint density at radius 2 is 1.91 bits per heavy atom. The number of H-pyrrole nitrogens is 1. The number of para-hydroxylation sites is 1. The lowest BCUT2D eigenvalue weighted by molar-refractivity contribution is 0.0939. The number of ether oxygens (including phenoxy) is 1. The first-order valence-electron chi connectivity index (χ1n) is 7.78. The average molecular weight is 306 g/mol. The van der Waals surface area contributed by atoms with Crippen molar-refractivity contribution >= 4 is 16.8 Å². The van der Waals surface area contributed by atoms with E-state index < -0.39 is 5.54 Å². The van der Waals surface area contributed by atoms with E-state index in [1.165, 1.54) is 0 Å². The fourth-order valence-electron chi connectivity index (χ4n) is 3.71. The lowest BCUT2D eigenvalue weighted by Crippen LogP contribution is -2.39. The Kier molecular flexibility index (Phi) is 2.94. The van der Waals surface area contributed by atoms with Crippen LogP contribution in [0, 0.1) is 0 Å². The molecular formula is C19H18N2O2. The fourth-order valence-corrected chi connectivity index (χ4v) is 3.71. The summed E-state index contributed by atoms with van der Waals surface area (Å²) in [4.78, 5) is 15.8. The number of methoxy groups -OCH3 is 1. The van der Waals surface area contributed by atoms with Crippen LogP contribution in [0.15, 0.2) is 48.7 Å². The summed E-state index contributed by atoms with van der Waals surface area (Å²) in [5.41, 5.74) is 3.32. The van der Waals surface area contributed by atoms with E-state index in [0.717, 1.165) is 39.8 Å². The molecule has 4 rings (SSSR count). The van der Waals surface area contributed by atoms with Crippen molar-refractivity contribution < 1.29 is 9.53 Å². The quantitative estimate of drug-likeness (QED) is 0.777. The first-order chi connectivity index (χ1) is 11.2. The summed E-state index contributed by atoms with van der Waals surface area (Å²) in [6.45, 7) is 2.10. The number of benzene rings is 2. The molecule has 0 saturated heterocycles. The van der Waals surface area contributed by atoms with E-state index in [4.69, 9.17) is 4.74 Å². The van der Waals surface area contributed by atoms with Crippen LogP contribution in [-0.2, 0) is 5.54 Å². The summed E-state index contributed by atoms with van der Waals surface area (Å²) in [6, 6.07) is 13.8.